The first-order chi connectivity index (χ1) is 19.4. The van der Waals surface area contributed by atoms with E-state index in [-0.39, 0.29) is 36.6 Å². The Morgan fingerprint density at radius 2 is 1.85 bits per heavy atom. The zero-order valence-corrected chi connectivity index (χ0v) is 21.9. The van der Waals surface area contributed by atoms with E-state index in [1.165, 1.54) is 12.1 Å². The first kappa shape index (κ1) is 25.7. The molecule has 2 fully saturated rings. The van der Waals surface area contributed by atoms with Gasteiger partial charge in [0, 0.05) is 31.2 Å². The number of imidazole rings is 1. The number of carbonyl (C=O) groups excluding carboxylic acids is 3. The standard InChI is InChI=1S/C31H30FN5O3/c32-24-8-4-7-22(14-24)25(35-29(38)13-20-5-2-1-3-6-20)17-30(39)37-26-15-23(26)16-27(37)31(40)34-18-21-9-10-28-33-11-12-36(28)19-21/h1-12,14,19,23,25-27H,13,15-18H2,(H,34,40)(H,35,38)/t23-,25+,26-,27+/m1/s1. The van der Waals surface area contributed by atoms with Gasteiger partial charge in [-0.15, -0.1) is 0 Å². The van der Waals surface area contributed by atoms with Gasteiger partial charge in [-0.1, -0.05) is 48.5 Å². The molecule has 3 heterocycles. The number of nitrogens with one attached hydrogen (secondary N) is 2. The molecule has 2 aromatic heterocycles. The molecule has 1 saturated carbocycles. The summed E-state index contributed by atoms with van der Waals surface area (Å²) in [5.74, 6) is -0.812. The molecule has 4 atom stereocenters. The monoisotopic (exact) mass is 539 g/mol. The number of fused-ring (bicyclic) bond motifs is 2. The van der Waals surface area contributed by atoms with Crippen molar-refractivity contribution >= 4 is 23.4 Å². The molecule has 8 nitrogen and oxygen atoms in total. The fraction of sp³-hybridized carbons (Fsp3) is 0.290. The first-order valence-corrected chi connectivity index (χ1v) is 13.5. The Labute approximate surface area is 231 Å². The number of rotatable bonds is 9. The number of hydrogen-bond donors (Lipinski definition) is 2. The first-order valence-electron chi connectivity index (χ1n) is 13.5. The van der Waals surface area contributed by atoms with Crippen molar-refractivity contribution in [3.63, 3.8) is 0 Å². The van der Waals surface area contributed by atoms with Gasteiger partial charge in [0.1, 0.15) is 17.5 Å². The average Bonchev–Trinajstić information content (AvgIpc) is 3.36. The molecule has 1 aliphatic heterocycles. The molecule has 2 aliphatic rings. The SMILES string of the molecule is O=C(Cc1ccccc1)N[C@@H](CC(=O)N1[C@@H]2C[C@@H]2C[C@H]1C(=O)NCc1ccc2nccn2c1)c1cccc(F)c1. The Bertz CT molecular complexity index is 1550. The van der Waals surface area contributed by atoms with Crippen LogP contribution in [0.1, 0.15) is 42.0 Å². The van der Waals surface area contributed by atoms with E-state index in [4.69, 9.17) is 0 Å². The molecule has 0 radical (unpaired) electrons. The summed E-state index contributed by atoms with van der Waals surface area (Å²) in [5.41, 5.74) is 3.10. The summed E-state index contributed by atoms with van der Waals surface area (Å²) in [5, 5.41) is 5.92. The number of pyridine rings is 1. The Balaban J connectivity index is 1.14. The number of hydrogen-bond acceptors (Lipinski definition) is 4. The fourth-order valence-corrected chi connectivity index (χ4v) is 5.71. The lowest BCUT2D eigenvalue weighted by Crippen LogP contribution is -2.48. The number of piperidine rings is 1. The minimum atomic E-state index is -0.720. The van der Waals surface area contributed by atoms with Gasteiger partial charge in [0.25, 0.3) is 0 Å². The number of amides is 3. The summed E-state index contributed by atoms with van der Waals surface area (Å²) >= 11 is 0. The minimum Gasteiger partial charge on any atom is -0.350 e. The van der Waals surface area contributed by atoms with Crippen LogP contribution in [-0.2, 0) is 27.3 Å². The maximum absolute atomic E-state index is 14.1. The number of benzene rings is 2. The third-order valence-electron chi connectivity index (χ3n) is 7.78. The van der Waals surface area contributed by atoms with Crippen LogP contribution in [0.4, 0.5) is 4.39 Å². The van der Waals surface area contributed by atoms with Crippen LogP contribution in [-0.4, -0.2) is 44.1 Å². The maximum atomic E-state index is 14.1. The van der Waals surface area contributed by atoms with E-state index in [0.29, 0.717) is 24.4 Å². The van der Waals surface area contributed by atoms with Crippen LogP contribution in [0, 0.1) is 11.7 Å². The summed E-state index contributed by atoms with van der Waals surface area (Å²) in [6, 6.07) is 17.8. The Morgan fingerprint density at radius 1 is 1.00 bits per heavy atom. The molecule has 204 valence electrons. The molecule has 1 aliphatic carbocycles. The summed E-state index contributed by atoms with van der Waals surface area (Å²) in [6.45, 7) is 0.336. The highest BCUT2D eigenvalue weighted by molar-refractivity contribution is 5.90. The molecule has 2 N–H and O–H groups in total. The van der Waals surface area contributed by atoms with E-state index in [9.17, 15) is 18.8 Å². The topological polar surface area (TPSA) is 95.8 Å². The van der Waals surface area contributed by atoms with Crippen LogP contribution in [0.15, 0.2) is 85.3 Å². The van der Waals surface area contributed by atoms with E-state index < -0.39 is 17.9 Å². The van der Waals surface area contributed by atoms with Gasteiger partial charge in [-0.2, -0.15) is 0 Å². The molecule has 0 bridgehead atoms. The highest BCUT2D eigenvalue weighted by atomic mass is 19.1. The summed E-state index contributed by atoms with van der Waals surface area (Å²) in [6.07, 6.45) is 7.05. The Kier molecular flexibility index (Phi) is 7.02. The average molecular weight is 540 g/mol. The molecule has 0 spiro atoms. The van der Waals surface area contributed by atoms with Crippen molar-refractivity contribution in [2.75, 3.05) is 0 Å². The lowest BCUT2D eigenvalue weighted by molar-refractivity contribution is -0.140. The number of halogens is 1. The van der Waals surface area contributed by atoms with Gasteiger partial charge in [0.2, 0.25) is 17.7 Å². The van der Waals surface area contributed by atoms with Crippen molar-refractivity contribution in [1.82, 2.24) is 24.9 Å². The fourth-order valence-electron chi connectivity index (χ4n) is 5.71. The lowest BCUT2D eigenvalue weighted by Gasteiger charge is -2.29. The second-order valence-corrected chi connectivity index (χ2v) is 10.6. The maximum Gasteiger partial charge on any atom is 0.243 e. The van der Waals surface area contributed by atoms with E-state index in [1.807, 2.05) is 59.3 Å². The largest absolute Gasteiger partial charge is 0.350 e. The summed E-state index contributed by atoms with van der Waals surface area (Å²) in [7, 11) is 0. The van der Waals surface area contributed by atoms with Gasteiger partial charge in [0.15, 0.2) is 0 Å². The predicted molar refractivity (Wildman–Crippen MR) is 146 cm³/mol. The molecule has 3 amide bonds. The van der Waals surface area contributed by atoms with Gasteiger partial charge in [-0.05, 0) is 53.6 Å². The normalized spacial score (nSPS) is 20.1. The second-order valence-electron chi connectivity index (χ2n) is 10.6. The molecule has 4 aromatic rings. The highest BCUT2D eigenvalue weighted by Gasteiger charge is 2.56. The molecule has 6 rings (SSSR count). The molecule has 0 unspecified atom stereocenters. The Hall–Kier alpha value is -4.53. The third-order valence-corrected chi connectivity index (χ3v) is 7.78. The third kappa shape index (κ3) is 5.59. The quantitative estimate of drug-likeness (QED) is 0.340. The van der Waals surface area contributed by atoms with Crippen molar-refractivity contribution in [2.24, 2.45) is 5.92 Å². The van der Waals surface area contributed by atoms with Crippen molar-refractivity contribution in [2.45, 2.75) is 50.4 Å². The van der Waals surface area contributed by atoms with Gasteiger partial charge >= 0.3 is 0 Å². The van der Waals surface area contributed by atoms with Crippen LogP contribution in [0.25, 0.3) is 5.65 Å². The zero-order chi connectivity index (χ0) is 27.6. The predicted octanol–water partition coefficient (Wildman–Crippen LogP) is 3.57. The van der Waals surface area contributed by atoms with Gasteiger partial charge < -0.3 is 19.9 Å². The van der Waals surface area contributed by atoms with Crippen molar-refractivity contribution < 1.29 is 18.8 Å². The van der Waals surface area contributed by atoms with Crippen molar-refractivity contribution in [3.8, 4) is 0 Å². The number of carbonyl (C=O) groups is 3. The van der Waals surface area contributed by atoms with E-state index in [2.05, 4.69) is 15.6 Å². The minimum absolute atomic E-state index is 0.0266. The lowest BCUT2D eigenvalue weighted by atomic mass is 10.0. The van der Waals surface area contributed by atoms with Gasteiger partial charge in [-0.3, -0.25) is 14.4 Å². The van der Waals surface area contributed by atoms with Crippen LogP contribution >= 0.6 is 0 Å². The van der Waals surface area contributed by atoms with Gasteiger partial charge in [-0.25, -0.2) is 9.37 Å². The number of aromatic nitrogens is 2. The molecule has 2 aromatic carbocycles. The van der Waals surface area contributed by atoms with Crippen molar-refractivity contribution in [3.05, 3.63) is 108 Å². The van der Waals surface area contributed by atoms with E-state index in [1.54, 1.807) is 23.2 Å². The summed E-state index contributed by atoms with van der Waals surface area (Å²) in [4.78, 5) is 45.8. The highest BCUT2D eigenvalue weighted by Crippen LogP contribution is 2.48. The Morgan fingerprint density at radius 3 is 2.67 bits per heavy atom. The van der Waals surface area contributed by atoms with Gasteiger partial charge in [0.05, 0.1) is 18.9 Å². The second kappa shape index (κ2) is 10.9. The van der Waals surface area contributed by atoms with Crippen LogP contribution < -0.4 is 10.6 Å². The van der Waals surface area contributed by atoms with Crippen LogP contribution in [0.5, 0.6) is 0 Å². The number of likely N-dealkylation sites (tertiary alicyclic amines) is 1. The molecule has 1 saturated heterocycles. The van der Waals surface area contributed by atoms with E-state index >= 15 is 0 Å². The van der Waals surface area contributed by atoms with Crippen LogP contribution in [0.2, 0.25) is 0 Å². The zero-order valence-electron chi connectivity index (χ0n) is 21.9. The molecular formula is C31H30FN5O3. The smallest absolute Gasteiger partial charge is 0.243 e. The molecular weight excluding hydrogens is 509 g/mol. The number of nitrogens with zero attached hydrogens (tertiary/aromatic N) is 3. The van der Waals surface area contributed by atoms with Crippen LogP contribution in [0.3, 0.4) is 0 Å². The molecule has 9 heteroatoms. The van der Waals surface area contributed by atoms with E-state index in [0.717, 1.165) is 23.2 Å². The summed E-state index contributed by atoms with van der Waals surface area (Å²) < 4.78 is 16.0. The van der Waals surface area contributed by atoms with Crippen molar-refractivity contribution in [1.29, 1.82) is 0 Å². The molecule has 40 heavy (non-hydrogen) atoms.